The second-order valence-electron chi connectivity index (χ2n) is 10.2. The van der Waals surface area contributed by atoms with Crippen LogP contribution in [-0.2, 0) is 24.2 Å². The van der Waals surface area contributed by atoms with Crippen molar-refractivity contribution in [1.29, 1.82) is 0 Å². The highest BCUT2D eigenvalue weighted by molar-refractivity contribution is 6.25. The van der Waals surface area contributed by atoms with Crippen molar-refractivity contribution in [3.05, 3.63) is 131 Å². The third-order valence-electron chi connectivity index (χ3n) is 7.32. The molecule has 3 N–H and O–H groups in total. The normalized spacial score (nSPS) is 13.6. The van der Waals surface area contributed by atoms with Gasteiger partial charge in [0.1, 0.15) is 11.5 Å². The minimum Gasteiger partial charge on any atom is -0.456 e. The number of benzene rings is 4. The minimum absolute atomic E-state index is 0.239. The summed E-state index contributed by atoms with van der Waals surface area (Å²) in [5.41, 5.74) is 5.65. The number of carbonyl (C=O) groups is 1. The average Bonchev–Trinajstić information content (AvgIpc) is 3.16. The summed E-state index contributed by atoms with van der Waals surface area (Å²) in [4.78, 5) is 13.8. The number of hydrogen-bond donors (Lipinski definition) is 3. The minimum atomic E-state index is -0.732. The van der Waals surface area contributed by atoms with E-state index < -0.39 is 12.1 Å². The number of nitrogens with one attached hydrogen (secondary N) is 2. The van der Waals surface area contributed by atoms with E-state index in [1.165, 1.54) is 11.1 Å². The van der Waals surface area contributed by atoms with Crippen LogP contribution in [0.3, 0.4) is 0 Å². The summed E-state index contributed by atoms with van der Waals surface area (Å²) in [7, 11) is 0. The monoisotopic (exact) mass is 532 g/mol. The van der Waals surface area contributed by atoms with Crippen molar-refractivity contribution < 1.29 is 14.6 Å². The molecule has 0 fully saturated rings. The van der Waals surface area contributed by atoms with Crippen LogP contribution in [0.5, 0.6) is 11.5 Å². The number of aryl methyl sites for hydroxylation is 1. The van der Waals surface area contributed by atoms with E-state index in [9.17, 15) is 9.90 Å². The second kappa shape index (κ2) is 13.2. The standard InChI is InChI=1S/C35H36N2O3/c1-2-25-16-18-27(19-17-25)24-36-21-20-32(38)31(22-26-10-4-3-5-11-26)37-35(39)30-23-28-12-6-8-14-33(28)40-34-15-9-7-13-29(30)34/h3-19,23,31-32,36,38H,2,20-22,24H2,1H3,(H,37,39)/t31-,32+/m0/s1. The Morgan fingerprint density at radius 3 is 2.25 bits per heavy atom. The zero-order valence-electron chi connectivity index (χ0n) is 22.8. The Bertz CT molecular complexity index is 1450. The Morgan fingerprint density at radius 1 is 0.800 bits per heavy atom. The molecule has 1 heterocycles. The summed E-state index contributed by atoms with van der Waals surface area (Å²) >= 11 is 0. The van der Waals surface area contributed by atoms with Crippen molar-refractivity contribution in [1.82, 2.24) is 10.6 Å². The van der Waals surface area contributed by atoms with Gasteiger partial charge in [0.15, 0.2) is 0 Å². The first-order valence-corrected chi connectivity index (χ1v) is 14.0. The lowest BCUT2D eigenvalue weighted by atomic mass is 9.97. The number of aliphatic hydroxyl groups excluding tert-OH is 1. The summed E-state index contributed by atoms with van der Waals surface area (Å²) in [6.45, 7) is 3.51. The van der Waals surface area contributed by atoms with Gasteiger partial charge in [-0.25, -0.2) is 0 Å². The molecule has 0 saturated heterocycles. The fraction of sp³-hybridized carbons (Fsp3) is 0.229. The van der Waals surface area contributed by atoms with E-state index >= 15 is 0 Å². The Balaban J connectivity index is 1.31. The first kappa shape index (κ1) is 27.4. The molecule has 204 valence electrons. The fourth-order valence-corrected chi connectivity index (χ4v) is 4.98. The summed E-state index contributed by atoms with van der Waals surface area (Å²) in [6, 6.07) is 33.3. The SMILES string of the molecule is CCc1ccc(CNCC[C@@H](O)[C@H](Cc2ccccc2)NC(=O)C2=Cc3ccccc3Oc3ccccc32)cc1. The number of ether oxygens (including phenoxy) is 1. The number of rotatable bonds is 11. The molecule has 0 bridgehead atoms. The lowest BCUT2D eigenvalue weighted by molar-refractivity contribution is -0.117. The third-order valence-corrected chi connectivity index (χ3v) is 7.32. The van der Waals surface area contributed by atoms with Crippen molar-refractivity contribution in [2.45, 2.75) is 44.9 Å². The smallest absolute Gasteiger partial charge is 0.252 e. The lowest BCUT2D eigenvalue weighted by Gasteiger charge is -2.25. The Kier molecular flexibility index (Phi) is 9.07. The third kappa shape index (κ3) is 6.87. The number of para-hydroxylation sites is 2. The van der Waals surface area contributed by atoms with E-state index in [1.807, 2.05) is 84.9 Å². The molecule has 4 aromatic carbocycles. The zero-order chi connectivity index (χ0) is 27.7. The maximum atomic E-state index is 13.8. The Labute approximate surface area is 236 Å². The van der Waals surface area contributed by atoms with Crippen molar-refractivity contribution in [3.63, 3.8) is 0 Å². The lowest BCUT2D eigenvalue weighted by Crippen LogP contribution is -2.46. The summed E-state index contributed by atoms with van der Waals surface area (Å²) in [5.74, 6) is 1.09. The zero-order valence-corrected chi connectivity index (χ0v) is 22.8. The molecule has 5 nitrogen and oxygen atoms in total. The van der Waals surface area contributed by atoms with Gasteiger partial charge in [0.2, 0.25) is 0 Å². The molecule has 5 heteroatoms. The molecular formula is C35H36N2O3. The molecule has 40 heavy (non-hydrogen) atoms. The van der Waals surface area contributed by atoms with Crippen LogP contribution in [0, 0.1) is 0 Å². The van der Waals surface area contributed by atoms with Crippen molar-refractivity contribution in [2.24, 2.45) is 0 Å². The van der Waals surface area contributed by atoms with E-state index in [0.717, 1.165) is 29.7 Å². The van der Waals surface area contributed by atoms with Gasteiger partial charge in [-0.05, 0) is 60.7 Å². The summed E-state index contributed by atoms with van der Waals surface area (Å²) in [5, 5.41) is 17.9. The van der Waals surface area contributed by atoms with Gasteiger partial charge in [0.25, 0.3) is 5.91 Å². The first-order valence-electron chi connectivity index (χ1n) is 14.0. The molecule has 0 saturated carbocycles. The van der Waals surface area contributed by atoms with Gasteiger partial charge >= 0.3 is 0 Å². The molecule has 0 aromatic heterocycles. The van der Waals surface area contributed by atoms with Crippen LogP contribution in [0.25, 0.3) is 11.6 Å². The van der Waals surface area contributed by atoms with Gasteiger partial charge in [-0.15, -0.1) is 0 Å². The molecule has 2 atom stereocenters. The highest BCUT2D eigenvalue weighted by Gasteiger charge is 2.26. The van der Waals surface area contributed by atoms with Gasteiger partial charge in [-0.2, -0.15) is 0 Å². The Morgan fingerprint density at radius 2 is 1.48 bits per heavy atom. The molecule has 1 aliphatic heterocycles. The highest BCUT2D eigenvalue weighted by atomic mass is 16.5. The topological polar surface area (TPSA) is 70.6 Å². The van der Waals surface area contributed by atoms with Crippen LogP contribution in [0.4, 0.5) is 0 Å². The number of fused-ring (bicyclic) bond motifs is 2. The molecular weight excluding hydrogens is 496 g/mol. The largest absolute Gasteiger partial charge is 0.456 e. The van der Waals surface area contributed by atoms with Gasteiger partial charge in [0.05, 0.1) is 17.7 Å². The van der Waals surface area contributed by atoms with E-state index in [-0.39, 0.29) is 5.91 Å². The maximum Gasteiger partial charge on any atom is 0.252 e. The number of hydrogen-bond acceptors (Lipinski definition) is 4. The van der Waals surface area contributed by atoms with E-state index in [0.29, 0.717) is 36.5 Å². The molecule has 0 spiro atoms. The predicted octanol–water partition coefficient (Wildman–Crippen LogP) is 6.16. The van der Waals surface area contributed by atoms with Crippen molar-refractivity contribution in [2.75, 3.05) is 6.54 Å². The number of amides is 1. The summed E-state index contributed by atoms with van der Waals surface area (Å²) in [6.07, 6.45) is 3.19. The van der Waals surface area contributed by atoms with Crippen LogP contribution in [-0.4, -0.2) is 29.7 Å². The quantitative estimate of drug-likeness (QED) is 0.202. The fourth-order valence-electron chi connectivity index (χ4n) is 4.98. The van der Waals surface area contributed by atoms with Gasteiger partial charge in [-0.1, -0.05) is 97.9 Å². The molecule has 1 amide bonds. The number of aliphatic hydroxyl groups is 1. The van der Waals surface area contributed by atoms with Crippen LogP contribution in [0.2, 0.25) is 0 Å². The van der Waals surface area contributed by atoms with Crippen LogP contribution >= 0.6 is 0 Å². The molecule has 0 aliphatic carbocycles. The molecule has 0 radical (unpaired) electrons. The molecule has 5 rings (SSSR count). The first-order chi connectivity index (χ1) is 19.6. The number of carbonyl (C=O) groups excluding carboxylic acids is 1. The predicted molar refractivity (Wildman–Crippen MR) is 161 cm³/mol. The van der Waals surface area contributed by atoms with Gasteiger partial charge in [0, 0.05) is 17.7 Å². The van der Waals surface area contributed by atoms with Crippen molar-refractivity contribution in [3.8, 4) is 11.5 Å². The van der Waals surface area contributed by atoms with Gasteiger partial charge in [-0.3, -0.25) is 4.79 Å². The van der Waals surface area contributed by atoms with Crippen LogP contribution in [0.15, 0.2) is 103 Å². The van der Waals surface area contributed by atoms with Crippen LogP contribution < -0.4 is 15.4 Å². The van der Waals surface area contributed by atoms with E-state index in [4.69, 9.17) is 4.74 Å². The van der Waals surface area contributed by atoms with E-state index in [1.54, 1.807) is 0 Å². The van der Waals surface area contributed by atoms with Crippen LogP contribution in [0.1, 0.15) is 41.2 Å². The molecule has 4 aromatic rings. The molecule has 1 aliphatic rings. The Hall–Kier alpha value is -4.19. The van der Waals surface area contributed by atoms with Gasteiger partial charge < -0.3 is 20.5 Å². The average molecular weight is 533 g/mol. The van der Waals surface area contributed by atoms with E-state index in [2.05, 4.69) is 41.8 Å². The second-order valence-corrected chi connectivity index (χ2v) is 10.2. The van der Waals surface area contributed by atoms with Crippen molar-refractivity contribution >= 4 is 17.6 Å². The molecule has 0 unspecified atom stereocenters. The highest BCUT2D eigenvalue weighted by Crippen LogP contribution is 2.37. The summed E-state index contributed by atoms with van der Waals surface area (Å²) < 4.78 is 6.16. The maximum absolute atomic E-state index is 13.8.